The van der Waals surface area contributed by atoms with Gasteiger partial charge in [0.2, 0.25) is 0 Å². The standard InChI is InChI=1S/C18H16.C3H8/c1-2-14-7-3-4-8-16(14)13-17-9-5-6-10-18(17)15-11-12-15;1-3-2/h1,3-10,15H,11-13H2;3H2,1-2H3. The molecule has 2 aromatic rings. The second-order valence-electron chi connectivity index (χ2n) is 5.66. The molecule has 0 heteroatoms. The van der Waals surface area contributed by atoms with Crippen molar-refractivity contribution in [1.29, 1.82) is 0 Å². The van der Waals surface area contributed by atoms with E-state index in [2.05, 4.69) is 56.2 Å². The van der Waals surface area contributed by atoms with Gasteiger partial charge in [0.25, 0.3) is 0 Å². The average molecular weight is 276 g/mol. The first-order valence-electron chi connectivity index (χ1n) is 7.92. The molecule has 0 aromatic heterocycles. The second kappa shape index (κ2) is 7.70. The highest BCUT2D eigenvalue weighted by molar-refractivity contribution is 5.44. The monoisotopic (exact) mass is 276 g/mol. The molecule has 1 fully saturated rings. The Hall–Kier alpha value is -2.00. The minimum atomic E-state index is 0.791. The maximum Gasteiger partial charge on any atom is 0.0277 e. The van der Waals surface area contributed by atoms with Gasteiger partial charge in [-0.1, -0.05) is 68.7 Å². The van der Waals surface area contributed by atoms with E-state index >= 15 is 0 Å². The summed E-state index contributed by atoms with van der Waals surface area (Å²) in [5, 5.41) is 0. The summed E-state index contributed by atoms with van der Waals surface area (Å²) in [6.07, 6.45) is 10.4. The molecule has 0 atom stereocenters. The van der Waals surface area contributed by atoms with Crippen LogP contribution in [0.3, 0.4) is 0 Å². The van der Waals surface area contributed by atoms with Crippen LogP contribution in [0.1, 0.15) is 61.3 Å². The van der Waals surface area contributed by atoms with E-state index in [0.29, 0.717) is 0 Å². The first-order valence-corrected chi connectivity index (χ1v) is 7.92. The maximum atomic E-state index is 5.56. The van der Waals surface area contributed by atoms with Crippen molar-refractivity contribution in [3.8, 4) is 12.3 Å². The van der Waals surface area contributed by atoms with Crippen molar-refractivity contribution in [2.24, 2.45) is 0 Å². The molecule has 2 aromatic carbocycles. The Morgan fingerprint density at radius 1 is 0.952 bits per heavy atom. The molecule has 0 aliphatic heterocycles. The van der Waals surface area contributed by atoms with E-state index < -0.39 is 0 Å². The van der Waals surface area contributed by atoms with Gasteiger partial charge in [-0.05, 0) is 47.9 Å². The van der Waals surface area contributed by atoms with E-state index in [4.69, 9.17) is 6.42 Å². The van der Waals surface area contributed by atoms with E-state index in [-0.39, 0.29) is 0 Å². The smallest absolute Gasteiger partial charge is 0.0277 e. The topological polar surface area (TPSA) is 0 Å². The number of hydrogen-bond donors (Lipinski definition) is 0. The predicted molar refractivity (Wildman–Crippen MR) is 91.6 cm³/mol. The van der Waals surface area contributed by atoms with Gasteiger partial charge in [-0.2, -0.15) is 0 Å². The fourth-order valence-electron chi connectivity index (χ4n) is 2.51. The fourth-order valence-corrected chi connectivity index (χ4v) is 2.51. The highest BCUT2D eigenvalue weighted by Crippen LogP contribution is 2.42. The average Bonchev–Trinajstić information content (AvgIpc) is 3.34. The summed E-state index contributed by atoms with van der Waals surface area (Å²) >= 11 is 0. The second-order valence-corrected chi connectivity index (χ2v) is 5.66. The van der Waals surface area contributed by atoms with Crippen LogP contribution in [0.15, 0.2) is 48.5 Å². The lowest BCUT2D eigenvalue weighted by Gasteiger charge is -2.10. The van der Waals surface area contributed by atoms with Crippen LogP contribution < -0.4 is 0 Å². The van der Waals surface area contributed by atoms with Crippen molar-refractivity contribution in [3.63, 3.8) is 0 Å². The molecule has 0 spiro atoms. The van der Waals surface area contributed by atoms with Gasteiger partial charge in [0.1, 0.15) is 0 Å². The van der Waals surface area contributed by atoms with Crippen molar-refractivity contribution in [1.82, 2.24) is 0 Å². The summed E-state index contributed by atoms with van der Waals surface area (Å²) in [5.41, 5.74) is 5.23. The minimum absolute atomic E-state index is 0.791. The Morgan fingerprint density at radius 3 is 2.14 bits per heavy atom. The zero-order valence-electron chi connectivity index (χ0n) is 13.1. The molecule has 0 unspecified atom stereocenters. The molecular formula is C21H24. The van der Waals surface area contributed by atoms with Crippen molar-refractivity contribution in [2.45, 2.75) is 45.4 Å². The largest absolute Gasteiger partial charge is 0.115 e. The predicted octanol–water partition coefficient (Wildman–Crippen LogP) is 5.55. The molecule has 3 rings (SSSR count). The van der Waals surface area contributed by atoms with E-state index in [1.54, 1.807) is 0 Å². The van der Waals surface area contributed by atoms with Crippen LogP contribution in [0.2, 0.25) is 0 Å². The fraction of sp³-hybridized carbons (Fsp3) is 0.333. The van der Waals surface area contributed by atoms with E-state index in [0.717, 1.165) is 17.9 Å². The molecule has 0 radical (unpaired) electrons. The first kappa shape index (κ1) is 15.4. The summed E-state index contributed by atoms with van der Waals surface area (Å²) in [5.74, 6) is 3.57. The highest BCUT2D eigenvalue weighted by Gasteiger charge is 2.25. The van der Waals surface area contributed by atoms with Crippen LogP contribution in [-0.2, 0) is 6.42 Å². The van der Waals surface area contributed by atoms with Crippen molar-refractivity contribution < 1.29 is 0 Å². The maximum absolute atomic E-state index is 5.56. The minimum Gasteiger partial charge on any atom is -0.115 e. The number of rotatable bonds is 3. The summed E-state index contributed by atoms with van der Waals surface area (Å²) in [7, 11) is 0. The molecule has 0 heterocycles. The normalized spacial score (nSPS) is 13.0. The molecular weight excluding hydrogens is 252 g/mol. The van der Waals surface area contributed by atoms with Crippen LogP contribution in [-0.4, -0.2) is 0 Å². The SMILES string of the molecule is C#Cc1ccccc1Cc1ccccc1C1CC1.CCC. The molecule has 1 saturated carbocycles. The third kappa shape index (κ3) is 4.23. The number of benzene rings is 2. The Balaban J connectivity index is 0.000000497. The van der Waals surface area contributed by atoms with Gasteiger partial charge in [-0.15, -0.1) is 6.42 Å². The molecule has 0 N–H and O–H groups in total. The van der Waals surface area contributed by atoms with Crippen LogP contribution in [0.4, 0.5) is 0 Å². The molecule has 0 nitrogen and oxygen atoms in total. The molecule has 0 bridgehead atoms. The van der Waals surface area contributed by atoms with Crippen LogP contribution in [0.5, 0.6) is 0 Å². The molecule has 0 amide bonds. The van der Waals surface area contributed by atoms with Crippen LogP contribution in [0, 0.1) is 12.3 Å². The lowest BCUT2D eigenvalue weighted by Crippen LogP contribution is -1.96. The zero-order valence-corrected chi connectivity index (χ0v) is 13.1. The Bertz CT molecular complexity index is 612. The van der Waals surface area contributed by atoms with Gasteiger partial charge in [0, 0.05) is 5.56 Å². The van der Waals surface area contributed by atoms with Crippen molar-refractivity contribution in [2.75, 3.05) is 0 Å². The van der Waals surface area contributed by atoms with Gasteiger partial charge in [-0.25, -0.2) is 0 Å². The molecule has 21 heavy (non-hydrogen) atoms. The zero-order chi connectivity index (χ0) is 15.1. The van der Waals surface area contributed by atoms with Crippen molar-refractivity contribution in [3.05, 3.63) is 70.8 Å². The number of hydrogen-bond acceptors (Lipinski definition) is 0. The third-order valence-corrected chi connectivity index (χ3v) is 3.63. The van der Waals surface area contributed by atoms with E-state index in [9.17, 15) is 0 Å². The van der Waals surface area contributed by atoms with Crippen LogP contribution in [0.25, 0.3) is 0 Å². The summed E-state index contributed by atoms with van der Waals surface area (Å²) < 4.78 is 0. The Kier molecular flexibility index (Phi) is 5.64. The van der Waals surface area contributed by atoms with E-state index in [1.165, 1.54) is 36.0 Å². The lowest BCUT2D eigenvalue weighted by molar-refractivity contribution is 1.05. The van der Waals surface area contributed by atoms with Crippen molar-refractivity contribution >= 4 is 0 Å². The quantitative estimate of drug-likeness (QED) is 0.644. The third-order valence-electron chi connectivity index (χ3n) is 3.63. The summed E-state index contributed by atoms with van der Waals surface area (Å²) in [6, 6.07) is 17.0. The highest BCUT2D eigenvalue weighted by atomic mass is 14.3. The molecule has 0 saturated heterocycles. The Morgan fingerprint density at radius 2 is 1.52 bits per heavy atom. The van der Waals surface area contributed by atoms with Gasteiger partial charge in [-0.3, -0.25) is 0 Å². The summed E-state index contributed by atoms with van der Waals surface area (Å²) in [6.45, 7) is 4.25. The van der Waals surface area contributed by atoms with Gasteiger partial charge in [0.15, 0.2) is 0 Å². The van der Waals surface area contributed by atoms with Crippen LogP contribution >= 0.6 is 0 Å². The first-order chi connectivity index (χ1) is 10.3. The van der Waals surface area contributed by atoms with E-state index in [1.807, 2.05) is 12.1 Å². The van der Waals surface area contributed by atoms with Gasteiger partial charge in [0.05, 0.1) is 0 Å². The number of terminal acetylenes is 1. The molecule has 1 aliphatic carbocycles. The summed E-state index contributed by atoms with van der Waals surface area (Å²) in [4.78, 5) is 0. The lowest BCUT2D eigenvalue weighted by atomic mass is 9.95. The molecule has 108 valence electrons. The Labute approximate surface area is 129 Å². The van der Waals surface area contributed by atoms with Gasteiger partial charge < -0.3 is 0 Å². The van der Waals surface area contributed by atoms with Gasteiger partial charge >= 0.3 is 0 Å². The molecule has 1 aliphatic rings.